The fourth-order valence-corrected chi connectivity index (χ4v) is 3.94. The zero-order chi connectivity index (χ0) is 26.0. The molecule has 1 amide bonds. The third-order valence-electron chi connectivity index (χ3n) is 5.69. The SMILES string of the molecule is COc1cc(/C=C(\C#N)C(=O)Nc2ccc(OCc3ccccc3)cc2)ccc1Cc1ccccc1Cl. The Hall–Kier alpha value is -4.53. The summed E-state index contributed by atoms with van der Waals surface area (Å²) in [6.07, 6.45) is 2.14. The number of amides is 1. The number of hydrogen-bond acceptors (Lipinski definition) is 4. The first-order chi connectivity index (χ1) is 18.1. The highest BCUT2D eigenvalue weighted by Crippen LogP contribution is 2.27. The van der Waals surface area contributed by atoms with E-state index in [0.717, 1.165) is 16.7 Å². The maximum absolute atomic E-state index is 12.8. The topological polar surface area (TPSA) is 71.3 Å². The number of benzene rings is 4. The molecule has 0 spiro atoms. The summed E-state index contributed by atoms with van der Waals surface area (Å²) in [5.74, 6) is 0.832. The van der Waals surface area contributed by atoms with Crippen LogP contribution in [0, 0.1) is 11.3 Å². The molecular weight excluding hydrogens is 484 g/mol. The van der Waals surface area contributed by atoms with Gasteiger partial charge < -0.3 is 14.8 Å². The number of anilines is 1. The molecule has 0 saturated heterocycles. The lowest BCUT2D eigenvalue weighted by molar-refractivity contribution is -0.112. The van der Waals surface area contributed by atoms with E-state index in [9.17, 15) is 10.1 Å². The summed E-state index contributed by atoms with van der Waals surface area (Å²) < 4.78 is 11.3. The molecule has 1 N–H and O–H groups in total. The quantitative estimate of drug-likeness (QED) is 0.194. The number of carbonyl (C=O) groups is 1. The number of nitriles is 1. The van der Waals surface area contributed by atoms with Crippen LogP contribution < -0.4 is 14.8 Å². The smallest absolute Gasteiger partial charge is 0.266 e. The van der Waals surface area contributed by atoms with Crippen LogP contribution in [0.1, 0.15) is 22.3 Å². The molecule has 0 aliphatic carbocycles. The van der Waals surface area contributed by atoms with E-state index in [-0.39, 0.29) is 5.57 Å². The van der Waals surface area contributed by atoms with Crippen molar-refractivity contribution in [3.8, 4) is 17.6 Å². The van der Waals surface area contributed by atoms with Crippen molar-refractivity contribution < 1.29 is 14.3 Å². The molecule has 4 aromatic rings. The molecule has 0 radical (unpaired) electrons. The number of rotatable bonds is 9. The predicted octanol–water partition coefficient (Wildman–Crippen LogP) is 7.06. The summed E-state index contributed by atoms with van der Waals surface area (Å²) in [5, 5.41) is 13.1. The molecule has 0 aliphatic heterocycles. The molecule has 0 bridgehead atoms. The normalized spacial score (nSPS) is 10.9. The van der Waals surface area contributed by atoms with Crippen LogP contribution >= 0.6 is 11.6 Å². The summed E-state index contributed by atoms with van der Waals surface area (Å²) >= 11 is 6.30. The van der Waals surface area contributed by atoms with Crippen molar-refractivity contribution in [2.75, 3.05) is 12.4 Å². The van der Waals surface area contributed by atoms with E-state index in [4.69, 9.17) is 21.1 Å². The molecule has 0 heterocycles. The summed E-state index contributed by atoms with van der Waals surface area (Å²) in [5.41, 5.74) is 4.22. The van der Waals surface area contributed by atoms with Gasteiger partial charge in [0.2, 0.25) is 0 Å². The van der Waals surface area contributed by atoms with E-state index in [1.807, 2.05) is 72.8 Å². The van der Waals surface area contributed by atoms with E-state index in [1.54, 1.807) is 37.4 Å². The number of hydrogen-bond donors (Lipinski definition) is 1. The lowest BCUT2D eigenvalue weighted by atomic mass is 10.0. The van der Waals surface area contributed by atoms with Crippen LogP contribution in [0.25, 0.3) is 6.08 Å². The summed E-state index contributed by atoms with van der Waals surface area (Å²) in [4.78, 5) is 12.8. The minimum absolute atomic E-state index is 0.0229. The van der Waals surface area contributed by atoms with Gasteiger partial charge in [-0.15, -0.1) is 0 Å². The molecule has 0 atom stereocenters. The van der Waals surface area contributed by atoms with Crippen molar-refractivity contribution in [1.29, 1.82) is 5.26 Å². The number of ether oxygens (including phenoxy) is 2. The molecule has 0 saturated carbocycles. The van der Waals surface area contributed by atoms with Gasteiger partial charge in [0.1, 0.15) is 29.7 Å². The predicted molar refractivity (Wildman–Crippen MR) is 147 cm³/mol. The zero-order valence-corrected chi connectivity index (χ0v) is 21.0. The van der Waals surface area contributed by atoms with Crippen LogP contribution in [-0.4, -0.2) is 13.0 Å². The Kier molecular flexibility index (Phi) is 8.59. The van der Waals surface area contributed by atoms with Crippen molar-refractivity contribution in [2.45, 2.75) is 13.0 Å². The van der Waals surface area contributed by atoms with Crippen molar-refractivity contribution >= 4 is 29.3 Å². The molecule has 4 aromatic carbocycles. The van der Waals surface area contributed by atoms with Crippen LogP contribution in [0.4, 0.5) is 5.69 Å². The first-order valence-electron chi connectivity index (χ1n) is 11.7. The van der Waals surface area contributed by atoms with E-state index in [1.165, 1.54) is 6.08 Å². The number of methoxy groups -OCH3 is 1. The zero-order valence-electron chi connectivity index (χ0n) is 20.3. The van der Waals surface area contributed by atoms with Gasteiger partial charge in [-0.05, 0) is 64.7 Å². The summed E-state index contributed by atoms with van der Waals surface area (Å²) in [7, 11) is 1.59. The Morgan fingerprint density at radius 3 is 2.38 bits per heavy atom. The van der Waals surface area contributed by atoms with E-state index >= 15 is 0 Å². The molecule has 184 valence electrons. The Balaban J connectivity index is 1.42. The summed E-state index contributed by atoms with van der Waals surface area (Å²) in [6, 6.07) is 32.1. The minimum Gasteiger partial charge on any atom is -0.496 e. The second-order valence-electron chi connectivity index (χ2n) is 8.26. The third kappa shape index (κ3) is 7.00. The first kappa shape index (κ1) is 25.6. The van der Waals surface area contributed by atoms with Gasteiger partial charge in [0, 0.05) is 17.1 Å². The fourth-order valence-electron chi connectivity index (χ4n) is 3.73. The molecule has 6 heteroatoms. The highest BCUT2D eigenvalue weighted by atomic mass is 35.5. The minimum atomic E-state index is -0.500. The van der Waals surface area contributed by atoms with Gasteiger partial charge in [0.15, 0.2) is 0 Å². The Labute approximate surface area is 221 Å². The van der Waals surface area contributed by atoms with E-state index < -0.39 is 5.91 Å². The van der Waals surface area contributed by atoms with Crippen LogP contribution in [0.5, 0.6) is 11.5 Å². The highest BCUT2D eigenvalue weighted by Gasteiger charge is 2.12. The molecule has 0 aromatic heterocycles. The second kappa shape index (κ2) is 12.4. The van der Waals surface area contributed by atoms with Gasteiger partial charge in [-0.1, -0.05) is 72.3 Å². The van der Waals surface area contributed by atoms with Crippen molar-refractivity contribution in [3.05, 3.63) is 130 Å². The van der Waals surface area contributed by atoms with Crippen molar-refractivity contribution in [2.24, 2.45) is 0 Å². The maximum Gasteiger partial charge on any atom is 0.266 e. The lowest BCUT2D eigenvalue weighted by Crippen LogP contribution is -2.13. The van der Waals surface area contributed by atoms with Crippen molar-refractivity contribution in [3.63, 3.8) is 0 Å². The van der Waals surface area contributed by atoms with Crippen LogP contribution in [0.3, 0.4) is 0 Å². The molecule has 37 heavy (non-hydrogen) atoms. The Morgan fingerprint density at radius 1 is 0.946 bits per heavy atom. The van der Waals surface area contributed by atoms with Gasteiger partial charge >= 0.3 is 0 Å². The van der Waals surface area contributed by atoms with Crippen LogP contribution in [-0.2, 0) is 17.8 Å². The second-order valence-corrected chi connectivity index (χ2v) is 8.67. The average molecular weight is 509 g/mol. The molecule has 0 unspecified atom stereocenters. The molecule has 4 rings (SSSR count). The van der Waals surface area contributed by atoms with Crippen molar-refractivity contribution in [1.82, 2.24) is 0 Å². The van der Waals surface area contributed by atoms with Gasteiger partial charge in [-0.25, -0.2) is 0 Å². The van der Waals surface area contributed by atoms with Crippen LogP contribution in [0.2, 0.25) is 5.02 Å². The van der Waals surface area contributed by atoms with Crippen LogP contribution in [0.15, 0.2) is 103 Å². The number of nitrogens with zero attached hydrogens (tertiary/aromatic N) is 1. The monoisotopic (exact) mass is 508 g/mol. The fraction of sp³-hybridized carbons (Fsp3) is 0.0968. The van der Waals surface area contributed by atoms with E-state index in [0.29, 0.717) is 40.8 Å². The largest absolute Gasteiger partial charge is 0.496 e. The Bertz CT molecular complexity index is 1440. The number of carbonyl (C=O) groups excluding carboxylic acids is 1. The van der Waals surface area contributed by atoms with Gasteiger partial charge in [0.05, 0.1) is 7.11 Å². The van der Waals surface area contributed by atoms with Gasteiger partial charge in [-0.3, -0.25) is 4.79 Å². The van der Waals surface area contributed by atoms with Gasteiger partial charge in [0.25, 0.3) is 5.91 Å². The lowest BCUT2D eigenvalue weighted by Gasteiger charge is -2.11. The Morgan fingerprint density at radius 2 is 1.68 bits per heavy atom. The summed E-state index contributed by atoms with van der Waals surface area (Å²) in [6.45, 7) is 0.453. The van der Waals surface area contributed by atoms with E-state index in [2.05, 4.69) is 5.32 Å². The third-order valence-corrected chi connectivity index (χ3v) is 6.06. The number of nitrogens with one attached hydrogen (secondary N) is 1. The molecule has 0 fully saturated rings. The molecule has 5 nitrogen and oxygen atoms in total. The standard InChI is InChI=1S/C31H25ClN2O3/c1-36-30-18-23(11-12-25(30)19-24-9-5-6-10-29(24)32)17-26(20-33)31(35)34-27-13-15-28(16-14-27)37-21-22-7-3-2-4-8-22/h2-18H,19,21H2,1H3,(H,34,35)/b26-17+. The first-order valence-corrected chi connectivity index (χ1v) is 12.0. The van der Waals surface area contributed by atoms with Gasteiger partial charge in [-0.2, -0.15) is 5.26 Å². The average Bonchev–Trinajstić information content (AvgIpc) is 2.93. The molecular formula is C31H25ClN2O3. The maximum atomic E-state index is 12.8. The number of halogens is 1. The highest BCUT2D eigenvalue weighted by molar-refractivity contribution is 6.31. The molecule has 0 aliphatic rings.